The molecule has 0 spiro atoms. The van der Waals surface area contributed by atoms with Crippen LogP contribution in [0.3, 0.4) is 0 Å². The SMILES string of the molecule is Cn1cc([C@H]2N[C@H](C(=O)O)CS2)c2ccccc21. The Hall–Kier alpha value is -1.46. The summed E-state index contributed by atoms with van der Waals surface area (Å²) in [4.78, 5) is 11.0. The van der Waals surface area contributed by atoms with Crippen LogP contribution in [-0.2, 0) is 11.8 Å². The summed E-state index contributed by atoms with van der Waals surface area (Å²) in [5.74, 6) is -0.159. The van der Waals surface area contributed by atoms with Gasteiger partial charge in [0.05, 0.1) is 5.37 Å². The third-order valence-corrected chi connectivity index (χ3v) is 4.54. The average Bonchev–Trinajstić information content (AvgIpc) is 2.95. The molecule has 1 aliphatic heterocycles. The van der Waals surface area contributed by atoms with Crippen molar-refractivity contribution in [2.75, 3.05) is 5.75 Å². The minimum Gasteiger partial charge on any atom is -0.480 e. The first-order valence-electron chi connectivity index (χ1n) is 5.81. The van der Waals surface area contributed by atoms with Crippen LogP contribution >= 0.6 is 11.8 Å². The maximum Gasteiger partial charge on any atom is 0.321 e. The molecule has 0 amide bonds. The van der Waals surface area contributed by atoms with E-state index in [2.05, 4.69) is 28.2 Å². The lowest BCUT2D eigenvalue weighted by atomic mass is 10.1. The van der Waals surface area contributed by atoms with Crippen LogP contribution in [0.15, 0.2) is 30.5 Å². The van der Waals surface area contributed by atoms with E-state index in [1.54, 1.807) is 11.8 Å². The van der Waals surface area contributed by atoms with Gasteiger partial charge in [-0.2, -0.15) is 0 Å². The fourth-order valence-corrected chi connectivity index (χ4v) is 3.63. The Labute approximate surface area is 109 Å². The molecular formula is C13H14N2O2S. The zero-order valence-corrected chi connectivity index (χ0v) is 10.8. The third kappa shape index (κ3) is 1.79. The Morgan fingerprint density at radius 2 is 2.28 bits per heavy atom. The first kappa shape index (κ1) is 11.6. The van der Waals surface area contributed by atoms with E-state index in [1.165, 1.54) is 16.5 Å². The Morgan fingerprint density at radius 1 is 1.50 bits per heavy atom. The number of fused-ring (bicyclic) bond motifs is 1. The van der Waals surface area contributed by atoms with Gasteiger partial charge < -0.3 is 9.67 Å². The molecule has 0 bridgehead atoms. The lowest BCUT2D eigenvalue weighted by Gasteiger charge is -2.09. The van der Waals surface area contributed by atoms with Crippen molar-refractivity contribution in [3.63, 3.8) is 0 Å². The number of aromatic nitrogens is 1. The van der Waals surface area contributed by atoms with Gasteiger partial charge in [-0.25, -0.2) is 0 Å². The van der Waals surface area contributed by atoms with Crippen LogP contribution in [0.4, 0.5) is 0 Å². The molecule has 0 radical (unpaired) electrons. The quantitative estimate of drug-likeness (QED) is 0.869. The van der Waals surface area contributed by atoms with E-state index in [1.807, 2.05) is 19.2 Å². The van der Waals surface area contributed by atoms with Crippen LogP contribution in [-0.4, -0.2) is 27.4 Å². The zero-order chi connectivity index (χ0) is 12.7. The standard InChI is InChI=1S/C13H14N2O2S/c1-15-6-9(8-4-2-3-5-11(8)15)12-14-10(7-18-12)13(16)17/h2-6,10,12,14H,7H2,1H3,(H,16,17)/t10-,12-/m0/s1. The number of benzene rings is 1. The van der Waals surface area contributed by atoms with Crippen molar-refractivity contribution in [2.24, 2.45) is 7.05 Å². The van der Waals surface area contributed by atoms with Crippen molar-refractivity contribution in [2.45, 2.75) is 11.4 Å². The van der Waals surface area contributed by atoms with Crippen LogP contribution in [0.5, 0.6) is 0 Å². The molecule has 2 heterocycles. The van der Waals surface area contributed by atoms with Gasteiger partial charge in [0.2, 0.25) is 0 Å². The smallest absolute Gasteiger partial charge is 0.321 e. The molecule has 1 aliphatic rings. The van der Waals surface area contributed by atoms with Crippen molar-refractivity contribution >= 4 is 28.6 Å². The fraction of sp³-hybridized carbons (Fsp3) is 0.308. The third-order valence-electron chi connectivity index (χ3n) is 3.29. The molecule has 2 N–H and O–H groups in total. The van der Waals surface area contributed by atoms with Crippen LogP contribution in [0.2, 0.25) is 0 Å². The highest BCUT2D eigenvalue weighted by atomic mass is 32.2. The molecule has 5 heteroatoms. The van der Waals surface area contributed by atoms with E-state index in [0.29, 0.717) is 5.75 Å². The number of aryl methyl sites for hydroxylation is 1. The van der Waals surface area contributed by atoms with Gasteiger partial charge in [0.15, 0.2) is 0 Å². The lowest BCUT2D eigenvalue weighted by molar-refractivity contribution is -0.138. The summed E-state index contributed by atoms with van der Waals surface area (Å²) in [6, 6.07) is 7.74. The maximum atomic E-state index is 11.0. The lowest BCUT2D eigenvalue weighted by Crippen LogP contribution is -2.33. The topological polar surface area (TPSA) is 54.3 Å². The Morgan fingerprint density at radius 3 is 3.00 bits per heavy atom. The predicted octanol–water partition coefficient (Wildman–Crippen LogP) is 1.97. The summed E-state index contributed by atoms with van der Waals surface area (Å²) in [6.45, 7) is 0. The van der Waals surface area contributed by atoms with E-state index >= 15 is 0 Å². The molecule has 3 rings (SSSR count). The second kappa shape index (κ2) is 4.33. The molecule has 1 aromatic carbocycles. The molecule has 1 aromatic heterocycles. The molecule has 94 valence electrons. The van der Waals surface area contributed by atoms with Crippen LogP contribution in [0.1, 0.15) is 10.9 Å². The van der Waals surface area contributed by atoms with E-state index in [4.69, 9.17) is 5.11 Å². The minimum atomic E-state index is -0.773. The van der Waals surface area contributed by atoms with Gasteiger partial charge in [-0.1, -0.05) is 18.2 Å². The molecule has 0 saturated carbocycles. The van der Waals surface area contributed by atoms with Gasteiger partial charge in [0.25, 0.3) is 0 Å². The van der Waals surface area contributed by atoms with Gasteiger partial charge in [0, 0.05) is 35.5 Å². The van der Waals surface area contributed by atoms with Gasteiger partial charge >= 0.3 is 5.97 Å². The number of hydrogen-bond acceptors (Lipinski definition) is 3. The van der Waals surface area contributed by atoms with E-state index in [9.17, 15) is 4.79 Å². The predicted molar refractivity (Wildman–Crippen MR) is 72.7 cm³/mol. The Balaban J connectivity index is 1.98. The number of carboxylic acids is 1. The van der Waals surface area contributed by atoms with Gasteiger partial charge in [-0.05, 0) is 6.07 Å². The Kier molecular flexibility index (Phi) is 2.80. The number of rotatable bonds is 2. The molecule has 4 nitrogen and oxygen atoms in total. The number of nitrogens with zero attached hydrogens (tertiary/aromatic N) is 1. The Bertz CT molecular complexity index is 608. The second-order valence-electron chi connectivity index (χ2n) is 4.48. The number of aliphatic carboxylic acids is 1. The van der Waals surface area contributed by atoms with Gasteiger partial charge in [-0.15, -0.1) is 11.8 Å². The number of hydrogen-bond donors (Lipinski definition) is 2. The van der Waals surface area contributed by atoms with E-state index in [0.717, 1.165) is 0 Å². The molecule has 0 aliphatic carbocycles. The highest BCUT2D eigenvalue weighted by Gasteiger charge is 2.31. The van der Waals surface area contributed by atoms with E-state index < -0.39 is 12.0 Å². The van der Waals surface area contributed by atoms with E-state index in [-0.39, 0.29) is 5.37 Å². The van der Waals surface area contributed by atoms with Crippen LogP contribution in [0.25, 0.3) is 10.9 Å². The first-order valence-corrected chi connectivity index (χ1v) is 6.86. The van der Waals surface area contributed by atoms with Crippen molar-refractivity contribution < 1.29 is 9.90 Å². The summed E-state index contributed by atoms with van der Waals surface area (Å²) in [5, 5.41) is 13.4. The highest BCUT2D eigenvalue weighted by molar-refractivity contribution is 7.99. The number of carbonyl (C=O) groups is 1. The molecule has 1 saturated heterocycles. The molecule has 18 heavy (non-hydrogen) atoms. The maximum absolute atomic E-state index is 11.0. The van der Waals surface area contributed by atoms with Crippen molar-refractivity contribution in [3.05, 3.63) is 36.0 Å². The van der Waals surface area contributed by atoms with Gasteiger partial charge in [-0.3, -0.25) is 10.1 Å². The fourth-order valence-electron chi connectivity index (χ4n) is 2.38. The normalized spacial score (nSPS) is 23.6. The van der Waals surface area contributed by atoms with Crippen LogP contribution in [0, 0.1) is 0 Å². The van der Waals surface area contributed by atoms with Crippen molar-refractivity contribution in [1.29, 1.82) is 0 Å². The first-order chi connectivity index (χ1) is 8.66. The molecular weight excluding hydrogens is 248 g/mol. The summed E-state index contributed by atoms with van der Waals surface area (Å²) < 4.78 is 2.08. The molecule has 2 atom stereocenters. The summed E-state index contributed by atoms with van der Waals surface area (Å²) in [6.07, 6.45) is 2.08. The zero-order valence-electron chi connectivity index (χ0n) is 9.96. The number of thioether (sulfide) groups is 1. The average molecular weight is 262 g/mol. The summed E-state index contributed by atoms with van der Waals surface area (Å²) in [5.41, 5.74) is 2.34. The highest BCUT2D eigenvalue weighted by Crippen LogP contribution is 2.37. The second-order valence-corrected chi connectivity index (χ2v) is 5.62. The number of para-hydroxylation sites is 1. The van der Waals surface area contributed by atoms with Crippen LogP contribution < -0.4 is 5.32 Å². The largest absolute Gasteiger partial charge is 0.480 e. The summed E-state index contributed by atoms with van der Waals surface area (Å²) in [7, 11) is 2.01. The molecule has 2 aromatic rings. The number of nitrogens with one attached hydrogen (secondary N) is 1. The molecule has 0 unspecified atom stereocenters. The van der Waals surface area contributed by atoms with Crippen molar-refractivity contribution in [3.8, 4) is 0 Å². The summed E-state index contributed by atoms with van der Waals surface area (Å²) >= 11 is 1.65. The number of carboxylic acid groups (broad SMARTS) is 1. The van der Waals surface area contributed by atoms with Crippen molar-refractivity contribution in [1.82, 2.24) is 9.88 Å². The van der Waals surface area contributed by atoms with Gasteiger partial charge in [0.1, 0.15) is 6.04 Å². The monoisotopic (exact) mass is 262 g/mol. The minimum absolute atomic E-state index is 0.0669. The molecule has 1 fully saturated rings.